The molecule has 12 heteroatoms. The fraction of sp³-hybridized carbons (Fsp3) is 0.429. The van der Waals surface area contributed by atoms with Gasteiger partial charge in [0.15, 0.2) is 33.6 Å². The Balaban J connectivity index is 1.65. The molecule has 4 rings (SSSR count). The Kier molecular flexibility index (Phi) is 6.32. The number of nitrogens with zero attached hydrogens (tertiary/aromatic N) is 5. The number of amides is 1. The number of likely N-dealkylation sites (tertiary alicyclic amines) is 1. The third kappa shape index (κ3) is 4.96. The average Bonchev–Trinajstić information content (AvgIpc) is 3.10. The molecule has 0 spiro atoms. The topological polar surface area (TPSA) is 140 Å². The van der Waals surface area contributed by atoms with Crippen molar-refractivity contribution in [2.45, 2.75) is 55.3 Å². The second kappa shape index (κ2) is 8.90. The van der Waals surface area contributed by atoms with Gasteiger partial charge in [-0.25, -0.2) is 19.7 Å². The second-order valence-corrected chi connectivity index (χ2v) is 10.6. The fourth-order valence-corrected chi connectivity index (χ4v) is 5.22. The minimum absolute atomic E-state index is 0.0231. The lowest BCUT2D eigenvalue weighted by molar-refractivity contribution is 0.0187. The van der Waals surface area contributed by atoms with Gasteiger partial charge in [-0.15, -0.1) is 0 Å². The van der Waals surface area contributed by atoms with E-state index in [-0.39, 0.29) is 29.5 Å². The van der Waals surface area contributed by atoms with Crippen LogP contribution in [0.5, 0.6) is 11.5 Å². The fourth-order valence-electron chi connectivity index (χ4n) is 3.65. The number of hydrogen-bond donors (Lipinski definition) is 3. The van der Waals surface area contributed by atoms with E-state index in [0.29, 0.717) is 51.6 Å². The second-order valence-electron chi connectivity index (χ2n) is 8.77. The van der Waals surface area contributed by atoms with Gasteiger partial charge in [0.2, 0.25) is 0 Å². The van der Waals surface area contributed by atoms with Crippen molar-refractivity contribution in [1.29, 1.82) is 0 Å². The molecule has 3 heterocycles. The summed E-state index contributed by atoms with van der Waals surface area (Å²) in [6, 6.07) is 2.92. The molecule has 1 aliphatic rings. The van der Waals surface area contributed by atoms with Gasteiger partial charge >= 0.3 is 6.09 Å². The van der Waals surface area contributed by atoms with E-state index in [1.165, 1.54) is 30.2 Å². The van der Waals surface area contributed by atoms with Crippen molar-refractivity contribution in [3.05, 3.63) is 22.9 Å². The molecule has 1 fully saturated rings. The number of benzene rings is 1. The van der Waals surface area contributed by atoms with Gasteiger partial charge in [-0.3, -0.25) is 4.57 Å². The van der Waals surface area contributed by atoms with Crippen LogP contribution in [0.3, 0.4) is 0 Å². The van der Waals surface area contributed by atoms with Crippen molar-refractivity contribution < 1.29 is 19.7 Å². The summed E-state index contributed by atoms with van der Waals surface area (Å²) < 4.78 is 8.13. The molecule has 4 N–H and O–H groups in total. The molecule has 0 saturated carbocycles. The summed E-state index contributed by atoms with van der Waals surface area (Å²) in [5.74, 6) is -0.169. The first kappa shape index (κ1) is 23.4. The zero-order valence-corrected chi connectivity index (χ0v) is 20.9. The minimum atomic E-state index is -0.546. The largest absolute Gasteiger partial charge is 0.504 e. The molecule has 3 aromatic rings. The first-order valence-corrected chi connectivity index (χ1v) is 12.0. The molecule has 1 saturated heterocycles. The summed E-state index contributed by atoms with van der Waals surface area (Å²) in [4.78, 5) is 28.0. The molecule has 0 aliphatic carbocycles. The Morgan fingerprint density at radius 1 is 1.21 bits per heavy atom. The van der Waals surface area contributed by atoms with Crippen LogP contribution in [0.25, 0.3) is 11.2 Å². The summed E-state index contributed by atoms with van der Waals surface area (Å²) in [7, 11) is 0. The van der Waals surface area contributed by atoms with Crippen molar-refractivity contribution >= 4 is 50.8 Å². The van der Waals surface area contributed by atoms with Crippen LogP contribution in [0.2, 0.25) is 0 Å². The van der Waals surface area contributed by atoms with Gasteiger partial charge in [-0.1, -0.05) is 11.8 Å². The number of aromatic nitrogens is 4. The number of ether oxygens (including phenoxy) is 1. The van der Waals surface area contributed by atoms with Gasteiger partial charge in [-0.2, -0.15) is 0 Å². The molecule has 1 aromatic carbocycles. The first-order valence-electron chi connectivity index (χ1n) is 10.4. The van der Waals surface area contributed by atoms with Gasteiger partial charge in [0.1, 0.15) is 11.9 Å². The Morgan fingerprint density at radius 2 is 1.88 bits per heavy atom. The number of hydrogen-bond acceptors (Lipinski definition) is 9. The predicted molar refractivity (Wildman–Crippen MR) is 127 cm³/mol. The molecule has 33 heavy (non-hydrogen) atoms. The average molecular weight is 537 g/mol. The van der Waals surface area contributed by atoms with Crippen LogP contribution in [0.1, 0.15) is 39.7 Å². The molecule has 176 valence electrons. The molecule has 0 radical (unpaired) electrons. The zero-order valence-electron chi connectivity index (χ0n) is 18.4. The van der Waals surface area contributed by atoms with Crippen molar-refractivity contribution in [2.75, 3.05) is 18.8 Å². The lowest BCUT2D eigenvalue weighted by Gasteiger charge is -2.34. The maximum Gasteiger partial charge on any atom is 0.410 e. The maximum atomic E-state index is 12.5. The zero-order chi connectivity index (χ0) is 23.9. The van der Waals surface area contributed by atoms with E-state index in [0.717, 1.165) is 0 Å². The van der Waals surface area contributed by atoms with Crippen LogP contribution >= 0.6 is 27.7 Å². The number of phenolic OH excluding ortho intramolecular Hbond substituents is 2. The maximum absolute atomic E-state index is 12.5. The number of phenols is 2. The Hall–Kier alpha value is -2.73. The van der Waals surface area contributed by atoms with Crippen molar-refractivity contribution in [2.24, 2.45) is 0 Å². The van der Waals surface area contributed by atoms with E-state index in [2.05, 4.69) is 30.9 Å². The number of halogens is 1. The number of anilines is 1. The van der Waals surface area contributed by atoms with E-state index in [1.54, 1.807) is 4.90 Å². The van der Waals surface area contributed by atoms with Crippen LogP contribution in [0.15, 0.2) is 33.0 Å². The number of carbonyl (C=O) groups excluding carboxylic acids is 1. The number of carbonyl (C=O) groups is 1. The normalized spacial score (nSPS) is 15.2. The summed E-state index contributed by atoms with van der Waals surface area (Å²) in [6.45, 7) is 6.62. The number of imidazole rings is 1. The van der Waals surface area contributed by atoms with E-state index < -0.39 is 5.60 Å². The van der Waals surface area contributed by atoms with Crippen molar-refractivity contribution in [3.8, 4) is 11.5 Å². The summed E-state index contributed by atoms with van der Waals surface area (Å²) in [5, 5.41) is 20.3. The van der Waals surface area contributed by atoms with Crippen molar-refractivity contribution in [3.63, 3.8) is 0 Å². The predicted octanol–water partition coefficient (Wildman–Crippen LogP) is 4.31. The van der Waals surface area contributed by atoms with Crippen LogP contribution < -0.4 is 5.73 Å². The number of nitrogen functional groups attached to an aromatic ring is 1. The highest BCUT2D eigenvalue weighted by molar-refractivity contribution is 9.10. The monoisotopic (exact) mass is 536 g/mol. The molecule has 0 atom stereocenters. The summed E-state index contributed by atoms with van der Waals surface area (Å²) in [6.07, 6.45) is 2.46. The number of nitrogens with two attached hydrogens (primary N) is 1. The quantitative estimate of drug-likeness (QED) is 0.417. The van der Waals surface area contributed by atoms with E-state index in [4.69, 9.17) is 10.5 Å². The van der Waals surface area contributed by atoms with Crippen LogP contribution in [-0.2, 0) is 4.74 Å². The molecule has 2 aromatic heterocycles. The van der Waals surface area contributed by atoms with Gasteiger partial charge in [-0.05, 0) is 61.7 Å². The Labute approximate surface area is 203 Å². The standard InChI is InChI=1S/C21H25BrN6O4S/c1-21(2,3)32-20(31)27-6-4-11(5-7-27)28-18-16(17(23)24-10-25-18)26-19(28)33-15-9-14(30)13(29)8-12(15)22/h8-11,29-30H,4-7H2,1-3H3,(H2,23,24,25). The molecule has 10 nitrogen and oxygen atoms in total. The first-order chi connectivity index (χ1) is 15.5. The van der Waals surface area contributed by atoms with Crippen molar-refractivity contribution in [1.82, 2.24) is 24.4 Å². The Morgan fingerprint density at radius 3 is 2.55 bits per heavy atom. The molecule has 1 amide bonds. The number of fused-ring (bicyclic) bond motifs is 1. The SMILES string of the molecule is CC(C)(C)OC(=O)N1CCC(n2c(Sc3cc(O)c(O)cc3Br)nc3c(N)ncnc32)CC1. The van der Waals surface area contributed by atoms with Crippen LogP contribution in [-0.4, -0.2) is 59.4 Å². The third-order valence-corrected chi connectivity index (χ3v) is 7.13. The highest BCUT2D eigenvalue weighted by Crippen LogP contribution is 2.42. The van der Waals surface area contributed by atoms with Crippen LogP contribution in [0.4, 0.5) is 10.6 Å². The highest BCUT2D eigenvalue weighted by Gasteiger charge is 2.30. The molecule has 0 bridgehead atoms. The van der Waals surface area contributed by atoms with Gasteiger partial charge in [0, 0.05) is 28.5 Å². The van der Waals surface area contributed by atoms with E-state index >= 15 is 0 Å². The lowest BCUT2D eigenvalue weighted by atomic mass is 10.1. The number of rotatable bonds is 3. The molecule has 1 aliphatic heterocycles. The smallest absolute Gasteiger partial charge is 0.410 e. The van der Waals surface area contributed by atoms with Gasteiger partial charge in [0.25, 0.3) is 0 Å². The van der Waals surface area contributed by atoms with Gasteiger partial charge in [0.05, 0.1) is 0 Å². The minimum Gasteiger partial charge on any atom is -0.504 e. The molecular formula is C21H25BrN6O4S. The number of aromatic hydroxyl groups is 2. The number of piperidine rings is 1. The lowest BCUT2D eigenvalue weighted by Crippen LogP contribution is -2.42. The van der Waals surface area contributed by atoms with E-state index in [1.807, 2.05) is 25.3 Å². The molecule has 0 unspecified atom stereocenters. The van der Waals surface area contributed by atoms with Crippen LogP contribution in [0, 0.1) is 0 Å². The van der Waals surface area contributed by atoms with Gasteiger partial charge < -0.3 is 25.6 Å². The summed E-state index contributed by atoms with van der Waals surface area (Å²) in [5.41, 5.74) is 6.63. The van der Waals surface area contributed by atoms with E-state index in [9.17, 15) is 15.0 Å². The molecular weight excluding hydrogens is 512 g/mol. The Bertz CT molecular complexity index is 1200. The summed E-state index contributed by atoms with van der Waals surface area (Å²) >= 11 is 4.74. The third-order valence-electron chi connectivity index (χ3n) is 5.18. The highest BCUT2D eigenvalue weighted by atomic mass is 79.9.